The minimum atomic E-state index is -0.312. The summed E-state index contributed by atoms with van der Waals surface area (Å²) in [7, 11) is 3.25. The zero-order valence-electron chi connectivity index (χ0n) is 14.7. The Labute approximate surface area is 159 Å². The van der Waals surface area contributed by atoms with Crippen LogP contribution in [0.5, 0.6) is 0 Å². The molecule has 0 fully saturated rings. The standard InChI is InChI=1S/C14H17FO.C2H6O.C2H6.U/c1-4-10(2)14(16)11(3)8-12-6-5-7-13(15)9-12;1-3-2;1-2;/h5,7,9-11H,3-4,8H2,1-2H3;1-2H3;1-2H3;/q-2;;;+2. The van der Waals surface area contributed by atoms with Crippen molar-refractivity contribution >= 4 is 5.78 Å². The summed E-state index contributed by atoms with van der Waals surface area (Å²) in [6.45, 7) is 11.7. The first-order valence-electron chi connectivity index (χ1n) is 7.39. The molecule has 0 spiro atoms. The molecule has 2 unspecified atom stereocenters. The van der Waals surface area contributed by atoms with Gasteiger partial charge < -0.3 is 16.5 Å². The van der Waals surface area contributed by atoms with Crippen molar-refractivity contribution in [3.05, 3.63) is 42.6 Å². The van der Waals surface area contributed by atoms with Gasteiger partial charge >= 0.3 is 31.1 Å². The molecule has 0 amide bonds. The van der Waals surface area contributed by atoms with Crippen LogP contribution in [0.1, 0.15) is 39.7 Å². The number of ketones is 1. The molecule has 22 heavy (non-hydrogen) atoms. The summed E-state index contributed by atoms with van der Waals surface area (Å²) in [6.07, 6.45) is 1.28. The first-order valence-corrected chi connectivity index (χ1v) is 7.39. The van der Waals surface area contributed by atoms with Crippen molar-refractivity contribution < 1.29 is 45.0 Å². The Morgan fingerprint density at radius 3 is 2.32 bits per heavy atom. The number of rotatable bonds is 5. The zero-order chi connectivity index (χ0) is 16.8. The summed E-state index contributed by atoms with van der Waals surface area (Å²) in [4.78, 5) is 11.8. The fraction of sp³-hybridized carbons (Fsp3) is 0.556. The van der Waals surface area contributed by atoms with Crippen LogP contribution in [0.25, 0.3) is 0 Å². The number of halogens is 1. The molecule has 0 radical (unpaired) electrons. The molecule has 0 N–H and O–H groups in total. The maximum absolute atomic E-state index is 12.9. The number of carbonyl (C=O) groups is 1. The van der Waals surface area contributed by atoms with Gasteiger partial charge in [-0.1, -0.05) is 34.1 Å². The Morgan fingerprint density at radius 1 is 1.41 bits per heavy atom. The van der Waals surface area contributed by atoms with Crippen molar-refractivity contribution in [2.24, 2.45) is 11.8 Å². The van der Waals surface area contributed by atoms with E-state index < -0.39 is 0 Å². The number of methoxy groups -OCH3 is 1. The third-order valence-corrected chi connectivity index (χ3v) is 2.79. The molecule has 0 bridgehead atoms. The first kappa shape index (κ1) is 26.7. The number of hydrogen-bond donors (Lipinski definition) is 0. The second-order valence-electron chi connectivity index (χ2n) is 4.55. The van der Waals surface area contributed by atoms with E-state index in [0.29, 0.717) is 12.0 Å². The molecule has 1 aromatic rings. The molecular weight excluding hydrogens is 505 g/mol. The molecule has 0 saturated carbocycles. The summed E-state index contributed by atoms with van der Waals surface area (Å²) < 4.78 is 17.2. The summed E-state index contributed by atoms with van der Waals surface area (Å²) >= 11 is 0. The van der Waals surface area contributed by atoms with E-state index in [1.807, 2.05) is 27.7 Å². The van der Waals surface area contributed by atoms with Crippen LogP contribution in [0.4, 0.5) is 4.39 Å². The van der Waals surface area contributed by atoms with Crippen LogP contribution >= 0.6 is 0 Å². The van der Waals surface area contributed by atoms with Crippen LogP contribution in [0, 0.1) is 61.8 Å². The van der Waals surface area contributed by atoms with E-state index in [1.54, 1.807) is 14.2 Å². The van der Waals surface area contributed by atoms with Gasteiger partial charge in [0, 0.05) is 26.0 Å². The van der Waals surface area contributed by atoms with Crippen molar-refractivity contribution in [2.45, 2.75) is 40.5 Å². The Kier molecular flexibility index (Phi) is 20.9. The number of carbonyl (C=O) groups excluding carboxylic acids is 1. The molecule has 1 rings (SSSR count). The summed E-state index contributed by atoms with van der Waals surface area (Å²) in [6, 6.07) is 7.20. The number of Topliss-reactive ketones (excluding diaryl/α,β-unsaturated/α-hetero) is 1. The molecule has 0 heterocycles. The van der Waals surface area contributed by atoms with Crippen molar-refractivity contribution in [2.75, 3.05) is 14.2 Å². The van der Waals surface area contributed by atoms with Crippen LogP contribution in [-0.4, -0.2) is 20.0 Å². The van der Waals surface area contributed by atoms with Gasteiger partial charge in [0.1, 0.15) is 5.78 Å². The number of benzene rings is 1. The fourth-order valence-corrected chi connectivity index (χ4v) is 1.57. The van der Waals surface area contributed by atoms with Gasteiger partial charge in [-0.2, -0.15) is 17.7 Å². The van der Waals surface area contributed by atoms with E-state index >= 15 is 0 Å². The number of hydrogen-bond acceptors (Lipinski definition) is 2. The average Bonchev–Trinajstić information content (AvgIpc) is 2.48. The fourth-order valence-electron chi connectivity index (χ4n) is 1.57. The van der Waals surface area contributed by atoms with E-state index in [9.17, 15) is 9.18 Å². The Morgan fingerprint density at radius 2 is 1.91 bits per heavy atom. The van der Waals surface area contributed by atoms with Crippen LogP contribution in [0.3, 0.4) is 0 Å². The monoisotopic (exact) mass is 534 g/mol. The van der Waals surface area contributed by atoms with E-state index in [2.05, 4.69) is 17.7 Å². The maximum Gasteiger partial charge on any atom is 2.00 e. The molecule has 0 aromatic heterocycles. The van der Waals surface area contributed by atoms with E-state index in [4.69, 9.17) is 0 Å². The van der Waals surface area contributed by atoms with Gasteiger partial charge in [-0.25, -0.2) is 4.39 Å². The molecule has 0 aliphatic rings. The Bertz CT molecular complexity index is 383. The van der Waals surface area contributed by atoms with Crippen molar-refractivity contribution in [3.8, 4) is 0 Å². The zero-order valence-corrected chi connectivity index (χ0v) is 18.9. The Hall–Kier alpha value is -0.168. The van der Waals surface area contributed by atoms with Gasteiger partial charge in [0.15, 0.2) is 0 Å². The minimum absolute atomic E-state index is 0. The molecule has 124 valence electrons. The van der Waals surface area contributed by atoms with Gasteiger partial charge in [-0.3, -0.25) is 0 Å². The van der Waals surface area contributed by atoms with Gasteiger partial charge in [0.25, 0.3) is 0 Å². The molecule has 2 atom stereocenters. The molecule has 0 aliphatic heterocycles. The molecule has 4 heteroatoms. The third-order valence-electron chi connectivity index (χ3n) is 2.79. The Balaban J connectivity index is -0.000000536. The van der Waals surface area contributed by atoms with Gasteiger partial charge in [-0.05, 0) is 6.42 Å². The molecule has 0 aliphatic carbocycles. The van der Waals surface area contributed by atoms with Crippen molar-refractivity contribution in [1.29, 1.82) is 0 Å². The molecule has 1 aromatic carbocycles. The quantitative estimate of drug-likeness (QED) is 0.520. The number of ether oxygens (including phenoxy) is 1. The van der Waals surface area contributed by atoms with E-state index in [0.717, 1.165) is 6.42 Å². The largest absolute Gasteiger partial charge is 2.00 e. The molecule has 0 saturated heterocycles. The topological polar surface area (TPSA) is 26.3 Å². The molecular formula is C18H29FO2U. The SMILES string of the molecule is CC.COC.[CH2-]C(Cc1[c-]ccc(F)c1)C(=O)C(C)CC.[U+2]. The van der Waals surface area contributed by atoms with Crippen LogP contribution in [0.2, 0.25) is 0 Å². The molecule has 2 nitrogen and oxygen atoms in total. The normalized spacial score (nSPS) is 11.6. The predicted octanol–water partition coefficient (Wildman–Crippen LogP) is 4.52. The first-order chi connectivity index (χ1) is 9.96. The van der Waals surface area contributed by atoms with Crippen LogP contribution < -0.4 is 0 Å². The second-order valence-corrected chi connectivity index (χ2v) is 4.55. The van der Waals surface area contributed by atoms with Gasteiger partial charge in [0.2, 0.25) is 0 Å². The maximum atomic E-state index is 12.9. The van der Waals surface area contributed by atoms with E-state index in [-0.39, 0.29) is 54.5 Å². The third kappa shape index (κ3) is 12.4. The minimum Gasteiger partial charge on any atom is -0.388 e. The van der Waals surface area contributed by atoms with Crippen molar-refractivity contribution in [3.63, 3.8) is 0 Å². The average molecular weight is 534 g/mol. The van der Waals surface area contributed by atoms with Gasteiger partial charge in [-0.15, -0.1) is 18.1 Å². The van der Waals surface area contributed by atoms with Gasteiger partial charge in [0.05, 0.1) is 0 Å². The smallest absolute Gasteiger partial charge is 0.388 e. The predicted molar refractivity (Wildman–Crippen MR) is 86.5 cm³/mol. The van der Waals surface area contributed by atoms with E-state index in [1.165, 1.54) is 18.2 Å². The summed E-state index contributed by atoms with van der Waals surface area (Å²) in [5.41, 5.74) is 0.705. The summed E-state index contributed by atoms with van der Waals surface area (Å²) in [5, 5.41) is 0. The van der Waals surface area contributed by atoms with Crippen LogP contribution in [-0.2, 0) is 16.0 Å². The van der Waals surface area contributed by atoms with Crippen molar-refractivity contribution in [1.82, 2.24) is 0 Å². The van der Waals surface area contributed by atoms with Crippen LogP contribution in [0.15, 0.2) is 18.2 Å². The second kappa shape index (κ2) is 17.2. The summed E-state index contributed by atoms with van der Waals surface area (Å²) in [5.74, 6) is -0.443.